The fourth-order valence-electron chi connectivity index (χ4n) is 1.96. The number of hydrogen-bond donors (Lipinski definition) is 0. The lowest BCUT2D eigenvalue weighted by Crippen LogP contribution is -2.26. The first-order valence-electron chi connectivity index (χ1n) is 5.84. The molecule has 0 N–H and O–H groups in total. The molecule has 17 heavy (non-hydrogen) atoms. The minimum absolute atomic E-state index is 0.280. The molecule has 2 rings (SSSR count). The Morgan fingerprint density at radius 3 is 2.65 bits per heavy atom. The van der Waals surface area contributed by atoms with Crippen molar-refractivity contribution in [2.24, 2.45) is 0 Å². The summed E-state index contributed by atoms with van der Waals surface area (Å²) in [4.78, 5) is 13.7. The Morgan fingerprint density at radius 2 is 2.06 bits per heavy atom. The zero-order valence-corrected chi connectivity index (χ0v) is 10.1. The molecule has 0 aliphatic carbocycles. The summed E-state index contributed by atoms with van der Waals surface area (Å²) in [5.74, 6) is -0.280. The summed E-state index contributed by atoms with van der Waals surface area (Å²) in [5.41, 5.74) is 1.84. The fourth-order valence-corrected chi connectivity index (χ4v) is 1.96. The van der Waals surface area contributed by atoms with E-state index in [1.165, 1.54) is 12.7 Å². The maximum atomic E-state index is 11.3. The predicted octanol–water partition coefficient (Wildman–Crippen LogP) is 2.24. The predicted molar refractivity (Wildman–Crippen MR) is 66.8 cm³/mol. The zero-order valence-electron chi connectivity index (χ0n) is 10.1. The molecule has 0 atom stereocenters. The summed E-state index contributed by atoms with van der Waals surface area (Å²) < 4.78 is 4.67. The van der Waals surface area contributed by atoms with Crippen molar-refractivity contribution < 1.29 is 9.53 Å². The van der Waals surface area contributed by atoms with Crippen molar-refractivity contribution in [3.63, 3.8) is 0 Å². The van der Waals surface area contributed by atoms with Gasteiger partial charge in [-0.1, -0.05) is 24.3 Å². The van der Waals surface area contributed by atoms with Gasteiger partial charge in [0.25, 0.3) is 0 Å². The van der Waals surface area contributed by atoms with E-state index in [1.807, 2.05) is 24.3 Å². The van der Waals surface area contributed by atoms with Gasteiger partial charge in [0, 0.05) is 19.6 Å². The molecule has 1 heterocycles. The Morgan fingerprint density at radius 1 is 1.29 bits per heavy atom. The molecule has 0 bridgehead atoms. The summed E-state index contributed by atoms with van der Waals surface area (Å²) in [6.07, 6.45) is 5.55. The molecule has 1 aliphatic rings. The average molecular weight is 231 g/mol. The monoisotopic (exact) mass is 231 g/mol. The molecule has 3 nitrogen and oxygen atoms in total. The lowest BCUT2D eigenvalue weighted by molar-refractivity contribution is 0.0600. The molecule has 0 aromatic heterocycles. The van der Waals surface area contributed by atoms with Crippen LogP contribution in [0.2, 0.25) is 0 Å². The topological polar surface area (TPSA) is 29.5 Å². The molecule has 90 valence electrons. The quantitative estimate of drug-likeness (QED) is 0.590. The molecule has 0 saturated heterocycles. The van der Waals surface area contributed by atoms with E-state index in [2.05, 4.69) is 21.8 Å². The van der Waals surface area contributed by atoms with E-state index in [1.54, 1.807) is 0 Å². The molecule has 0 spiro atoms. The lowest BCUT2D eigenvalue weighted by Gasteiger charge is -2.22. The number of nitrogens with zero attached hydrogens (tertiary/aromatic N) is 1. The average Bonchev–Trinajstić information content (AvgIpc) is 2.40. The maximum Gasteiger partial charge on any atom is 0.337 e. The van der Waals surface area contributed by atoms with Crippen molar-refractivity contribution >= 4 is 5.97 Å². The minimum Gasteiger partial charge on any atom is -0.465 e. The largest absolute Gasteiger partial charge is 0.465 e. The molecular formula is C14H17NO2. The van der Waals surface area contributed by atoms with Crippen molar-refractivity contribution in [1.29, 1.82) is 0 Å². The first-order valence-corrected chi connectivity index (χ1v) is 5.84. The van der Waals surface area contributed by atoms with Crippen LogP contribution >= 0.6 is 0 Å². The van der Waals surface area contributed by atoms with E-state index in [9.17, 15) is 4.79 Å². The van der Waals surface area contributed by atoms with Gasteiger partial charge in [0.15, 0.2) is 0 Å². The molecule has 1 aliphatic heterocycles. The van der Waals surface area contributed by atoms with Gasteiger partial charge in [-0.2, -0.15) is 0 Å². The molecule has 0 unspecified atom stereocenters. The maximum absolute atomic E-state index is 11.3. The van der Waals surface area contributed by atoms with E-state index in [4.69, 9.17) is 0 Å². The van der Waals surface area contributed by atoms with Crippen LogP contribution in [-0.2, 0) is 11.3 Å². The Balaban J connectivity index is 1.98. The third kappa shape index (κ3) is 3.17. The molecule has 1 aromatic rings. The lowest BCUT2D eigenvalue weighted by atomic mass is 10.1. The Bertz CT molecular complexity index is 409. The van der Waals surface area contributed by atoms with Crippen LogP contribution in [0.5, 0.6) is 0 Å². The highest BCUT2D eigenvalue weighted by atomic mass is 16.5. The summed E-state index contributed by atoms with van der Waals surface area (Å²) in [5, 5.41) is 0. The number of methoxy groups -OCH3 is 1. The standard InChI is InChI=1S/C14H17NO2/c1-17-14(16)13-7-5-12(6-8-13)11-15-9-3-2-4-10-15/h2-3,5-8H,4,9-11H2,1H3. The number of benzene rings is 1. The zero-order chi connectivity index (χ0) is 12.1. The minimum atomic E-state index is -0.280. The highest BCUT2D eigenvalue weighted by Crippen LogP contribution is 2.10. The molecule has 1 aromatic carbocycles. The molecular weight excluding hydrogens is 214 g/mol. The van der Waals surface area contributed by atoms with Crippen LogP contribution in [0.1, 0.15) is 22.3 Å². The van der Waals surface area contributed by atoms with Crippen LogP contribution in [0, 0.1) is 0 Å². The van der Waals surface area contributed by atoms with Gasteiger partial charge in [-0.15, -0.1) is 0 Å². The van der Waals surface area contributed by atoms with Crippen molar-refractivity contribution in [3.05, 3.63) is 47.5 Å². The number of carbonyl (C=O) groups is 1. The van der Waals surface area contributed by atoms with Gasteiger partial charge in [-0.05, 0) is 24.1 Å². The van der Waals surface area contributed by atoms with E-state index >= 15 is 0 Å². The number of ether oxygens (including phenoxy) is 1. The second-order valence-electron chi connectivity index (χ2n) is 4.18. The third-order valence-corrected chi connectivity index (χ3v) is 2.92. The van der Waals surface area contributed by atoms with Gasteiger partial charge < -0.3 is 4.74 Å². The van der Waals surface area contributed by atoms with Crippen molar-refractivity contribution in [3.8, 4) is 0 Å². The SMILES string of the molecule is COC(=O)c1ccc(CN2CC=CCC2)cc1. The smallest absolute Gasteiger partial charge is 0.337 e. The molecule has 0 fully saturated rings. The van der Waals surface area contributed by atoms with Crippen molar-refractivity contribution in [2.45, 2.75) is 13.0 Å². The number of carbonyl (C=O) groups excluding carboxylic acids is 1. The van der Waals surface area contributed by atoms with Crippen molar-refractivity contribution in [2.75, 3.05) is 20.2 Å². The summed E-state index contributed by atoms with van der Waals surface area (Å²) in [6.45, 7) is 3.06. The fraction of sp³-hybridized carbons (Fsp3) is 0.357. The molecule has 0 radical (unpaired) electrons. The third-order valence-electron chi connectivity index (χ3n) is 2.92. The summed E-state index contributed by atoms with van der Waals surface area (Å²) in [7, 11) is 1.40. The van der Waals surface area contributed by atoms with Crippen LogP contribution in [0.3, 0.4) is 0 Å². The van der Waals surface area contributed by atoms with E-state index in [0.29, 0.717) is 5.56 Å². The highest BCUT2D eigenvalue weighted by molar-refractivity contribution is 5.89. The second-order valence-corrected chi connectivity index (χ2v) is 4.18. The normalized spacial score (nSPS) is 15.8. The van der Waals surface area contributed by atoms with Crippen LogP contribution in [0.15, 0.2) is 36.4 Å². The summed E-state index contributed by atoms with van der Waals surface area (Å²) in [6, 6.07) is 7.62. The van der Waals surface area contributed by atoms with Crippen LogP contribution < -0.4 is 0 Å². The molecule has 0 saturated carbocycles. The number of rotatable bonds is 3. The highest BCUT2D eigenvalue weighted by Gasteiger charge is 2.08. The second kappa shape index (κ2) is 5.64. The van der Waals surface area contributed by atoms with Crippen molar-refractivity contribution in [1.82, 2.24) is 4.90 Å². The van der Waals surface area contributed by atoms with E-state index in [-0.39, 0.29) is 5.97 Å². The summed E-state index contributed by atoms with van der Waals surface area (Å²) >= 11 is 0. The molecule has 3 heteroatoms. The van der Waals surface area contributed by atoms with E-state index < -0.39 is 0 Å². The Kier molecular flexibility index (Phi) is 3.94. The molecule has 0 amide bonds. The van der Waals surface area contributed by atoms with E-state index in [0.717, 1.165) is 26.1 Å². The first kappa shape index (κ1) is 11.9. The van der Waals surface area contributed by atoms with Gasteiger partial charge in [0.1, 0.15) is 0 Å². The van der Waals surface area contributed by atoms with Crippen LogP contribution in [-0.4, -0.2) is 31.1 Å². The Labute approximate surface area is 102 Å². The van der Waals surface area contributed by atoms with Gasteiger partial charge >= 0.3 is 5.97 Å². The van der Waals surface area contributed by atoms with Gasteiger partial charge in [-0.25, -0.2) is 4.79 Å². The van der Waals surface area contributed by atoms with Gasteiger partial charge in [0.2, 0.25) is 0 Å². The van der Waals surface area contributed by atoms with Gasteiger partial charge in [0.05, 0.1) is 12.7 Å². The number of esters is 1. The number of hydrogen-bond acceptors (Lipinski definition) is 3. The van der Waals surface area contributed by atoms with Crippen LogP contribution in [0.4, 0.5) is 0 Å². The van der Waals surface area contributed by atoms with Gasteiger partial charge in [-0.3, -0.25) is 4.90 Å². The Hall–Kier alpha value is -1.61. The first-order chi connectivity index (χ1) is 8.29. The van der Waals surface area contributed by atoms with Crippen LogP contribution in [0.25, 0.3) is 0 Å².